The van der Waals surface area contributed by atoms with Gasteiger partial charge in [0.25, 0.3) is 0 Å². The molecule has 4 heteroatoms. The van der Waals surface area contributed by atoms with E-state index in [0.29, 0.717) is 17.4 Å². The van der Waals surface area contributed by atoms with Gasteiger partial charge in [-0.15, -0.1) is 0 Å². The Bertz CT molecular complexity index is 513. The van der Waals surface area contributed by atoms with E-state index in [0.717, 1.165) is 25.8 Å². The monoisotopic (exact) mass is 295 g/mol. The first-order valence-corrected chi connectivity index (χ1v) is 9.29. The Morgan fingerprint density at radius 2 is 2.00 bits per heavy atom. The number of nitrogens with zero attached hydrogens (tertiary/aromatic N) is 1. The van der Waals surface area contributed by atoms with E-state index in [4.69, 9.17) is 0 Å². The van der Waals surface area contributed by atoms with E-state index in [1.165, 1.54) is 5.56 Å². The minimum Gasteiger partial charge on any atom is -0.302 e. The van der Waals surface area contributed by atoms with Crippen LogP contribution in [0.3, 0.4) is 0 Å². The van der Waals surface area contributed by atoms with Gasteiger partial charge in [0.2, 0.25) is 0 Å². The lowest BCUT2D eigenvalue weighted by Gasteiger charge is -2.28. The SMILES string of the molecule is CCC[C@H](CN(C)[C@H]1CCS(=O)(=O)C1)c1ccccc1. The lowest BCUT2D eigenvalue weighted by Crippen LogP contribution is -2.35. The van der Waals surface area contributed by atoms with E-state index in [1.807, 2.05) is 6.07 Å². The number of rotatable bonds is 6. The van der Waals surface area contributed by atoms with E-state index >= 15 is 0 Å². The third kappa shape index (κ3) is 4.06. The Balaban J connectivity index is 2.01. The molecule has 1 aliphatic heterocycles. The van der Waals surface area contributed by atoms with E-state index in [9.17, 15) is 8.42 Å². The number of hydrogen-bond donors (Lipinski definition) is 0. The van der Waals surface area contributed by atoms with Gasteiger partial charge in [-0.2, -0.15) is 0 Å². The molecule has 3 nitrogen and oxygen atoms in total. The third-order valence-electron chi connectivity index (χ3n) is 4.25. The summed E-state index contributed by atoms with van der Waals surface area (Å²) in [4.78, 5) is 2.25. The fourth-order valence-corrected chi connectivity index (χ4v) is 4.86. The van der Waals surface area contributed by atoms with Gasteiger partial charge in [-0.3, -0.25) is 0 Å². The molecule has 1 saturated heterocycles. The Morgan fingerprint density at radius 1 is 1.30 bits per heavy atom. The molecule has 0 spiro atoms. The maximum absolute atomic E-state index is 11.6. The second-order valence-electron chi connectivity index (χ2n) is 5.89. The molecule has 2 atom stereocenters. The summed E-state index contributed by atoms with van der Waals surface area (Å²) in [6.45, 7) is 3.15. The van der Waals surface area contributed by atoms with Crippen LogP contribution in [0.25, 0.3) is 0 Å². The summed E-state index contributed by atoms with van der Waals surface area (Å²) in [5.41, 5.74) is 1.36. The maximum Gasteiger partial charge on any atom is 0.151 e. The first kappa shape index (κ1) is 15.5. The van der Waals surface area contributed by atoms with Crippen molar-refractivity contribution in [2.45, 2.75) is 38.1 Å². The van der Waals surface area contributed by atoms with Crippen molar-refractivity contribution in [3.05, 3.63) is 35.9 Å². The van der Waals surface area contributed by atoms with Crippen LogP contribution in [0.4, 0.5) is 0 Å². The molecular formula is C16H25NO2S. The lowest BCUT2D eigenvalue weighted by atomic mass is 9.93. The fourth-order valence-electron chi connectivity index (χ4n) is 3.06. The highest BCUT2D eigenvalue weighted by molar-refractivity contribution is 7.91. The van der Waals surface area contributed by atoms with Crippen molar-refractivity contribution >= 4 is 9.84 Å². The smallest absolute Gasteiger partial charge is 0.151 e. The van der Waals surface area contributed by atoms with Gasteiger partial charge >= 0.3 is 0 Å². The first-order valence-electron chi connectivity index (χ1n) is 7.47. The molecule has 0 saturated carbocycles. The van der Waals surface area contributed by atoms with Gasteiger partial charge in [0, 0.05) is 12.6 Å². The Morgan fingerprint density at radius 3 is 2.55 bits per heavy atom. The Hall–Kier alpha value is -0.870. The van der Waals surface area contributed by atoms with Crippen molar-refractivity contribution in [3.63, 3.8) is 0 Å². The van der Waals surface area contributed by atoms with Crippen LogP contribution in [0.1, 0.15) is 37.7 Å². The third-order valence-corrected chi connectivity index (χ3v) is 6.00. The maximum atomic E-state index is 11.6. The number of sulfone groups is 1. The van der Waals surface area contributed by atoms with Crippen molar-refractivity contribution in [1.82, 2.24) is 4.90 Å². The van der Waals surface area contributed by atoms with Crippen LogP contribution in [-0.2, 0) is 9.84 Å². The van der Waals surface area contributed by atoms with E-state index in [1.54, 1.807) is 0 Å². The normalized spacial score (nSPS) is 23.1. The van der Waals surface area contributed by atoms with Crippen molar-refractivity contribution in [2.75, 3.05) is 25.1 Å². The molecule has 2 rings (SSSR count). The summed E-state index contributed by atoms with van der Waals surface area (Å²) in [5.74, 6) is 1.18. The molecule has 20 heavy (non-hydrogen) atoms. The number of likely N-dealkylation sites (N-methyl/N-ethyl adjacent to an activating group) is 1. The largest absolute Gasteiger partial charge is 0.302 e. The zero-order chi connectivity index (χ0) is 14.6. The second-order valence-corrected chi connectivity index (χ2v) is 8.12. The van der Waals surface area contributed by atoms with Gasteiger partial charge in [0.15, 0.2) is 9.84 Å². The van der Waals surface area contributed by atoms with Gasteiger partial charge in [-0.05, 0) is 31.4 Å². The first-order chi connectivity index (χ1) is 9.52. The minimum absolute atomic E-state index is 0.197. The van der Waals surface area contributed by atoms with Crippen LogP contribution in [0, 0.1) is 0 Å². The summed E-state index contributed by atoms with van der Waals surface area (Å²) < 4.78 is 23.2. The lowest BCUT2D eigenvalue weighted by molar-refractivity contribution is 0.241. The summed E-state index contributed by atoms with van der Waals surface area (Å²) in [6, 6.07) is 10.8. The van der Waals surface area contributed by atoms with Crippen molar-refractivity contribution in [1.29, 1.82) is 0 Å². The fraction of sp³-hybridized carbons (Fsp3) is 0.625. The van der Waals surface area contributed by atoms with Crippen molar-refractivity contribution in [3.8, 4) is 0 Å². The molecule has 0 aromatic heterocycles. The van der Waals surface area contributed by atoms with E-state index in [2.05, 4.69) is 43.1 Å². The molecule has 1 heterocycles. The molecule has 1 aliphatic rings. The summed E-state index contributed by atoms with van der Waals surface area (Å²) in [5, 5.41) is 0. The molecule has 112 valence electrons. The molecule has 1 fully saturated rings. The minimum atomic E-state index is -2.79. The topological polar surface area (TPSA) is 37.4 Å². The molecule has 0 amide bonds. The van der Waals surface area contributed by atoms with Crippen LogP contribution >= 0.6 is 0 Å². The quantitative estimate of drug-likeness (QED) is 0.810. The standard InChI is InChI=1S/C16H25NO2S/c1-3-7-15(14-8-5-4-6-9-14)12-17(2)16-10-11-20(18,19)13-16/h4-6,8-9,15-16H,3,7,10-13H2,1-2H3/t15-,16+/m1/s1. The van der Waals surface area contributed by atoms with E-state index in [-0.39, 0.29) is 6.04 Å². The van der Waals surface area contributed by atoms with Crippen LogP contribution in [-0.4, -0.2) is 44.5 Å². The highest BCUT2D eigenvalue weighted by Crippen LogP contribution is 2.25. The Kier molecular flexibility index (Phi) is 5.22. The van der Waals surface area contributed by atoms with E-state index < -0.39 is 9.84 Å². The summed E-state index contributed by atoms with van der Waals surface area (Å²) >= 11 is 0. The van der Waals surface area contributed by atoms with Crippen LogP contribution in [0.2, 0.25) is 0 Å². The molecular weight excluding hydrogens is 270 g/mol. The molecule has 0 aliphatic carbocycles. The van der Waals surface area contributed by atoms with Crippen LogP contribution in [0.15, 0.2) is 30.3 Å². The van der Waals surface area contributed by atoms with Crippen molar-refractivity contribution < 1.29 is 8.42 Å². The van der Waals surface area contributed by atoms with Crippen molar-refractivity contribution in [2.24, 2.45) is 0 Å². The van der Waals surface area contributed by atoms with Crippen LogP contribution in [0.5, 0.6) is 0 Å². The predicted octanol–water partition coefficient (Wildman–Crippen LogP) is 2.69. The van der Waals surface area contributed by atoms with Gasteiger partial charge < -0.3 is 4.90 Å². The zero-order valence-electron chi connectivity index (χ0n) is 12.5. The van der Waals surface area contributed by atoms with Gasteiger partial charge in [0.1, 0.15) is 0 Å². The van der Waals surface area contributed by atoms with Gasteiger partial charge in [0.05, 0.1) is 11.5 Å². The van der Waals surface area contributed by atoms with Crippen LogP contribution < -0.4 is 0 Å². The zero-order valence-corrected chi connectivity index (χ0v) is 13.3. The second kappa shape index (κ2) is 6.72. The Labute approximate surface area is 122 Å². The average molecular weight is 295 g/mol. The highest BCUT2D eigenvalue weighted by Gasteiger charge is 2.31. The molecule has 0 bridgehead atoms. The molecule has 0 unspecified atom stereocenters. The molecule has 1 aromatic carbocycles. The molecule has 1 aromatic rings. The number of hydrogen-bond acceptors (Lipinski definition) is 3. The average Bonchev–Trinajstić information content (AvgIpc) is 2.80. The predicted molar refractivity (Wildman–Crippen MR) is 83.8 cm³/mol. The molecule has 0 N–H and O–H groups in total. The van der Waals surface area contributed by atoms with Gasteiger partial charge in [-0.1, -0.05) is 43.7 Å². The number of benzene rings is 1. The highest BCUT2D eigenvalue weighted by atomic mass is 32.2. The summed E-state index contributed by atoms with van der Waals surface area (Å²) in [7, 11) is -0.728. The summed E-state index contributed by atoms with van der Waals surface area (Å²) in [6.07, 6.45) is 3.08. The van der Waals surface area contributed by atoms with Gasteiger partial charge in [-0.25, -0.2) is 8.42 Å². The molecule has 0 radical (unpaired) electrons.